The number of pyridine rings is 1. The van der Waals surface area contributed by atoms with Gasteiger partial charge in [-0.25, -0.2) is 21.6 Å². The molecule has 1 aliphatic carbocycles. The Balaban J connectivity index is 0.806. The highest BCUT2D eigenvalue weighted by Crippen LogP contribution is 2.54. The van der Waals surface area contributed by atoms with Crippen LogP contribution in [0.5, 0.6) is 11.6 Å². The Morgan fingerprint density at radius 1 is 0.909 bits per heavy atom. The number of amides is 1. The quantitative estimate of drug-likeness (QED) is 0.0969. The minimum Gasteiger partial charge on any atom is -0.489 e. The minimum absolute atomic E-state index is 0.0159. The number of nitro benzene ring substituents is 1. The van der Waals surface area contributed by atoms with Crippen molar-refractivity contribution in [2.75, 3.05) is 101 Å². The zero-order chi connectivity index (χ0) is 53.4. The van der Waals surface area contributed by atoms with E-state index < -0.39 is 58.9 Å². The van der Waals surface area contributed by atoms with Crippen LogP contribution in [0, 0.1) is 22.5 Å². The molecule has 7 aliphatic rings. The van der Waals surface area contributed by atoms with E-state index in [1.807, 2.05) is 24.3 Å². The first-order valence-corrected chi connectivity index (χ1v) is 29.8. The number of sulfonamides is 2. The zero-order valence-corrected chi connectivity index (χ0v) is 45.2. The highest BCUT2D eigenvalue weighted by atomic mass is 32.2. The molecule has 0 bridgehead atoms. The highest BCUT2D eigenvalue weighted by molar-refractivity contribution is 7.90. The Kier molecular flexibility index (Phi) is 13.6. The molecule has 2 aromatic heterocycles. The molecule has 12 rings (SSSR count). The van der Waals surface area contributed by atoms with Crippen molar-refractivity contribution in [3.8, 4) is 11.6 Å². The Labute approximate surface area is 448 Å². The first-order chi connectivity index (χ1) is 37.0. The topological polar surface area (TPSA) is 234 Å². The lowest BCUT2D eigenvalue weighted by molar-refractivity contribution is -0.384. The third-order valence-electron chi connectivity index (χ3n) is 17.1. The normalized spacial score (nSPS) is 24.3. The fraction of sp³-hybridized carbons (Fsp3) is 0.519. The lowest BCUT2D eigenvalue weighted by atomic mass is 9.59. The molecule has 6 aliphatic heterocycles. The fourth-order valence-electron chi connectivity index (χ4n) is 12.8. The predicted molar refractivity (Wildman–Crippen MR) is 289 cm³/mol. The number of carbonyl (C=O) groups is 1. The van der Waals surface area contributed by atoms with Crippen LogP contribution in [0.3, 0.4) is 0 Å². The SMILES string of the molecule is Cc1ccccc1[C@@H]1COCCN1C1CC2(CCN(c3ccc(C(=O)NS(=O)(=O)c4cc5c(c([N+](=O)[O-])c4)N[C@H](CN4CCN(S(=O)(=O)C(C)C)CC4)CO5)c(N4c5cc6cc[nH]c6nc5O[C@H]5COCC[C@@H]54)c3)CC2)C1. The summed E-state index contributed by atoms with van der Waals surface area (Å²) in [5, 5.41) is 16.1. The van der Waals surface area contributed by atoms with E-state index in [0.717, 1.165) is 69.1 Å². The van der Waals surface area contributed by atoms with E-state index >= 15 is 0 Å². The van der Waals surface area contributed by atoms with Crippen LogP contribution < -0.4 is 29.3 Å². The number of hydrogen-bond donors (Lipinski definition) is 3. The molecule has 0 radical (unpaired) electrons. The monoisotopic (exact) mass is 1090 g/mol. The van der Waals surface area contributed by atoms with Crippen molar-refractivity contribution >= 4 is 65.4 Å². The molecule has 4 atom stereocenters. The second kappa shape index (κ2) is 20.3. The van der Waals surface area contributed by atoms with Crippen molar-refractivity contribution in [2.45, 2.75) is 93.3 Å². The van der Waals surface area contributed by atoms with Gasteiger partial charge >= 0.3 is 0 Å². The largest absolute Gasteiger partial charge is 0.489 e. The maximum atomic E-state index is 14.9. The number of piperazine rings is 1. The van der Waals surface area contributed by atoms with Crippen molar-refractivity contribution < 1.29 is 45.5 Å². The minimum atomic E-state index is -4.76. The number of nitro groups is 1. The van der Waals surface area contributed by atoms with Gasteiger partial charge in [0.15, 0.2) is 11.4 Å². The molecule has 5 fully saturated rings. The number of H-pyrrole nitrogens is 1. The smallest absolute Gasteiger partial charge is 0.297 e. The number of aryl methyl sites for hydroxylation is 1. The summed E-state index contributed by atoms with van der Waals surface area (Å²) in [6.07, 6.45) is 6.16. The summed E-state index contributed by atoms with van der Waals surface area (Å²) in [5.41, 5.74) is 5.00. The number of nitrogens with one attached hydrogen (secondary N) is 3. The molecule has 23 heteroatoms. The van der Waals surface area contributed by atoms with E-state index in [1.54, 1.807) is 26.1 Å². The molecule has 3 aromatic carbocycles. The summed E-state index contributed by atoms with van der Waals surface area (Å²) in [4.78, 5) is 43.5. The van der Waals surface area contributed by atoms with Crippen LogP contribution in [0.25, 0.3) is 11.0 Å². The Morgan fingerprint density at radius 3 is 2.45 bits per heavy atom. The first kappa shape index (κ1) is 51.7. The standard InChI is InChI=1S/C54H66N10O11S2/c1-34(2)77(70,71)61-19-17-59(18-20-61)30-37-31-74-48-27-40(26-45(64(66)67)50(48)56-37)76(68,69)58-52(65)42-9-8-38(25-44(42)63-43-11-22-72-33-49(43)75-53-46(63)24-36-10-14-55-51(36)57-53)60-15-12-54(13-16-60)28-39(29-54)62-21-23-73-32-47(62)41-7-5-4-6-35(41)3/h4-10,14,24-27,34,37,39,43,47,49,56H,11-13,15-23,28-33H2,1-3H3,(H,55,57)(H,58,65)/t37-,43+,47+,49+/m1/s1. The van der Waals surface area contributed by atoms with E-state index in [2.05, 4.69) is 65.8 Å². The van der Waals surface area contributed by atoms with Crippen molar-refractivity contribution in [2.24, 2.45) is 5.41 Å². The lowest BCUT2D eigenvalue weighted by Crippen LogP contribution is -2.58. The van der Waals surface area contributed by atoms with E-state index in [9.17, 15) is 31.7 Å². The number of morpholine rings is 1. The van der Waals surface area contributed by atoms with Crippen molar-refractivity contribution in [1.29, 1.82) is 0 Å². The molecular weight excluding hydrogens is 1030 g/mol. The number of aromatic nitrogens is 2. The van der Waals surface area contributed by atoms with E-state index in [4.69, 9.17) is 23.9 Å². The van der Waals surface area contributed by atoms with E-state index in [1.165, 1.54) is 21.5 Å². The molecule has 3 N–H and O–H groups in total. The molecule has 21 nitrogen and oxygen atoms in total. The van der Waals surface area contributed by atoms with Gasteiger partial charge in [0, 0.05) is 94.4 Å². The van der Waals surface area contributed by atoms with Crippen molar-refractivity contribution in [3.63, 3.8) is 0 Å². The van der Waals surface area contributed by atoms with E-state index in [0.29, 0.717) is 81.3 Å². The maximum absolute atomic E-state index is 14.9. The van der Waals surface area contributed by atoms with Gasteiger partial charge in [0.2, 0.25) is 15.9 Å². The van der Waals surface area contributed by atoms with Gasteiger partial charge in [-0.1, -0.05) is 24.3 Å². The molecule has 8 heterocycles. The number of anilines is 4. The average molecular weight is 1100 g/mol. The predicted octanol–water partition coefficient (Wildman–Crippen LogP) is 5.94. The van der Waals surface area contributed by atoms with Crippen LogP contribution in [0.15, 0.2) is 77.8 Å². The van der Waals surface area contributed by atoms with Gasteiger partial charge in [-0.2, -0.15) is 9.29 Å². The summed E-state index contributed by atoms with van der Waals surface area (Å²) in [6.45, 7) is 12.2. The third-order valence-corrected chi connectivity index (χ3v) is 20.7. The Bertz CT molecular complexity index is 3320. The summed E-state index contributed by atoms with van der Waals surface area (Å²) in [7, 11) is -8.16. The van der Waals surface area contributed by atoms with Gasteiger partial charge in [-0.05, 0) is 99.7 Å². The van der Waals surface area contributed by atoms with Gasteiger partial charge in [0.1, 0.15) is 24.0 Å². The van der Waals surface area contributed by atoms with Gasteiger partial charge < -0.3 is 39.0 Å². The number of aromatic amines is 1. The Hall–Kier alpha value is -6.08. The number of benzene rings is 3. The highest BCUT2D eigenvalue weighted by Gasteiger charge is 2.50. The number of carbonyl (C=O) groups excluding carboxylic acids is 1. The zero-order valence-electron chi connectivity index (χ0n) is 43.6. The molecule has 1 saturated carbocycles. The summed E-state index contributed by atoms with van der Waals surface area (Å²) < 4.78 is 82.6. The molecule has 1 amide bonds. The van der Waals surface area contributed by atoms with Crippen molar-refractivity contribution in [3.05, 3.63) is 99.7 Å². The van der Waals surface area contributed by atoms with Crippen LogP contribution in [0.2, 0.25) is 0 Å². The molecule has 5 aromatic rings. The Morgan fingerprint density at radius 2 is 1.69 bits per heavy atom. The van der Waals surface area contributed by atoms with Gasteiger partial charge in [0.25, 0.3) is 21.6 Å². The molecule has 1 spiro atoms. The van der Waals surface area contributed by atoms with Gasteiger partial charge in [-0.15, -0.1) is 0 Å². The maximum Gasteiger partial charge on any atom is 0.297 e. The molecule has 0 unspecified atom stereocenters. The van der Waals surface area contributed by atoms with Gasteiger partial charge in [0.05, 0.1) is 64.3 Å². The van der Waals surface area contributed by atoms with E-state index in [-0.39, 0.29) is 47.7 Å². The third kappa shape index (κ3) is 9.75. The molecule has 77 heavy (non-hydrogen) atoms. The number of hydrogen-bond acceptors (Lipinski definition) is 17. The number of fused-ring (bicyclic) bond motifs is 4. The lowest BCUT2D eigenvalue weighted by Gasteiger charge is -2.57. The fourth-order valence-corrected chi connectivity index (χ4v) is 15.1. The second-order valence-electron chi connectivity index (χ2n) is 22.1. The number of nitrogens with zero attached hydrogens (tertiary/aromatic N) is 7. The second-order valence-corrected chi connectivity index (χ2v) is 26.2. The summed E-state index contributed by atoms with van der Waals surface area (Å²) in [6, 6.07) is 20.1. The van der Waals surface area contributed by atoms with Crippen LogP contribution in [-0.4, -0.2) is 167 Å². The average Bonchev–Trinajstić information content (AvgIpc) is 3.94. The molecule has 410 valence electrons. The summed E-state index contributed by atoms with van der Waals surface area (Å²) in [5.74, 6) is -0.629. The number of piperidine rings is 1. The van der Waals surface area contributed by atoms with Crippen LogP contribution in [0.4, 0.5) is 28.4 Å². The van der Waals surface area contributed by atoms with Crippen LogP contribution >= 0.6 is 0 Å². The van der Waals surface area contributed by atoms with Crippen LogP contribution in [-0.2, 0) is 29.5 Å². The van der Waals surface area contributed by atoms with Crippen LogP contribution in [0.1, 0.15) is 73.5 Å². The van der Waals surface area contributed by atoms with Crippen molar-refractivity contribution in [1.82, 2.24) is 28.8 Å². The molecule has 4 saturated heterocycles. The number of rotatable bonds is 12. The first-order valence-electron chi connectivity index (χ1n) is 26.8. The summed E-state index contributed by atoms with van der Waals surface area (Å²) >= 11 is 0. The number of ether oxygens (including phenoxy) is 4. The van der Waals surface area contributed by atoms with Gasteiger partial charge in [-0.3, -0.25) is 24.7 Å². The molecular formula is C54H66N10O11S2.